The third-order valence-electron chi connectivity index (χ3n) is 4.62. The van der Waals surface area contributed by atoms with Gasteiger partial charge >= 0.3 is 5.97 Å². The number of aliphatic carboxylic acids is 1. The number of hydrogen-bond acceptors (Lipinski definition) is 3. The van der Waals surface area contributed by atoms with Gasteiger partial charge in [-0.25, -0.2) is 0 Å². The van der Waals surface area contributed by atoms with Crippen molar-refractivity contribution in [1.82, 2.24) is 10.2 Å². The molecule has 1 saturated heterocycles. The summed E-state index contributed by atoms with van der Waals surface area (Å²) in [6, 6.07) is 0. The van der Waals surface area contributed by atoms with Gasteiger partial charge in [-0.1, -0.05) is 32.6 Å². The molecule has 4 nitrogen and oxygen atoms in total. The Bertz CT molecular complexity index is 278. The van der Waals surface area contributed by atoms with Gasteiger partial charge in [0, 0.05) is 0 Å². The zero-order valence-electron chi connectivity index (χ0n) is 13.3. The maximum Gasteiger partial charge on any atom is 0.323 e. The Morgan fingerprint density at radius 2 is 1.80 bits per heavy atom. The maximum absolute atomic E-state index is 11.7. The topological polar surface area (TPSA) is 52.6 Å². The molecule has 2 N–H and O–H groups in total. The zero-order chi connectivity index (χ0) is 14.8. The van der Waals surface area contributed by atoms with Crippen LogP contribution in [-0.4, -0.2) is 48.2 Å². The zero-order valence-corrected chi connectivity index (χ0v) is 13.3. The van der Waals surface area contributed by atoms with Gasteiger partial charge in [-0.15, -0.1) is 0 Å². The first kappa shape index (κ1) is 17.4. The third-order valence-corrected chi connectivity index (χ3v) is 4.62. The van der Waals surface area contributed by atoms with Crippen LogP contribution in [0.4, 0.5) is 0 Å². The Labute approximate surface area is 123 Å². The van der Waals surface area contributed by atoms with E-state index in [1.165, 1.54) is 32.4 Å². The molecule has 4 heteroatoms. The van der Waals surface area contributed by atoms with Gasteiger partial charge in [-0.3, -0.25) is 4.79 Å². The molecule has 0 bridgehead atoms. The average molecular weight is 284 g/mol. The molecule has 1 atom stereocenters. The Morgan fingerprint density at radius 1 is 1.15 bits per heavy atom. The number of nitrogens with zero attached hydrogens (tertiary/aromatic N) is 1. The van der Waals surface area contributed by atoms with Crippen LogP contribution in [0.15, 0.2) is 0 Å². The van der Waals surface area contributed by atoms with Gasteiger partial charge in [0.2, 0.25) is 0 Å². The van der Waals surface area contributed by atoms with E-state index in [0.717, 1.165) is 45.1 Å². The van der Waals surface area contributed by atoms with Crippen LogP contribution in [-0.2, 0) is 4.79 Å². The number of nitrogens with one attached hydrogen (secondary N) is 1. The number of carbonyl (C=O) groups is 1. The van der Waals surface area contributed by atoms with Gasteiger partial charge in [-0.2, -0.15) is 0 Å². The lowest BCUT2D eigenvalue weighted by molar-refractivity contribution is -0.145. The average Bonchev–Trinajstić information content (AvgIpc) is 2.46. The molecule has 0 aliphatic carbocycles. The van der Waals surface area contributed by atoms with E-state index in [4.69, 9.17) is 0 Å². The lowest BCUT2D eigenvalue weighted by Crippen LogP contribution is -2.50. The summed E-state index contributed by atoms with van der Waals surface area (Å²) in [5.41, 5.74) is -0.717. The molecule has 0 aromatic rings. The highest BCUT2D eigenvalue weighted by Crippen LogP contribution is 2.22. The Kier molecular flexibility index (Phi) is 8.15. The van der Waals surface area contributed by atoms with Crippen LogP contribution in [0.2, 0.25) is 0 Å². The molecular weight excluding hydrogens is 252 g/mol. The normalized spacial score (nSPS) is 19.7. The standard InChI is InChI=1S/C16H32N2O2/c1-3-4-6-10-16(17-2,15(19)20)11-9-14-18-12-7-5-8-13-18/h17H,3-14H2,1-2H3,(H,19,20). The molecule has 20 heavy (non-hydrogen) atoms. The van der Waals surface area contributed by atoms with Gasteiger partial charge in [0.05, 0.1) is 0 Å². The fourth-order valence-corrected chi connectivity index (χ4v) is 3.16. The van der Waals surface area contributed by atoms with E-state index in [9.17, 15) is 9.90 Å². The summed E-state index contributed by atoms with van der Waals surface area (Å²) in [7, 11) is 1.79. The predicted molar refractivity (Wildman–Crippen MR) is 83.1 cm³/mol. The van der Waals surface area contributed by atoms with E-state index in [-0.39, 0.29) is 0 Å². The van der Waals surface area contributed by atoms with Gasteiger partial charge in [-0.05, 0) is 58.8 Å². The first-order valence-corrected chi connectivity index (χ1v) is 8.29. The number of carboxylic acids is 1. The summed E-state index contributed by atoms with van der Waals surface area (Å²) in [6.07, 6.45) is 9.64. The van der Waals surface area contributed by atoms with Gasteiger partial charge < -0.3 is 15.3 Å². The molecule has 1 fully saturated rings. The Balaban J connectivity index is 2.40. The lowest BCUT2D eigenvalue weighted by Gasteiger charge is -2.31. The van der Waals surface area contributed by atoms with E-state index in [1.54, 1.807) is 7.05 Å². The molecule has 1 aliphatic heterocycles. The van der Waals surface area contributed by atoms with E-state index in [2.05, 4.69) is 17.1 Å². The van der Waals surface area contributed by atoms with Crippen LogP contribution >= 0.6 is 0 Å². The van der Waals surface area contributed by atoms with Gasteiger partial charge in [0.25, 0.3) is 0 Å². The number of piperidine rings is 1. The molecule has 0 spiro atoms. The highest BCUT2D eigenvalue weighted by molar-refractivity contribution is 5.78. The Hall–Kier alpha value is -0.610. The van der Waals surface area contributed by atoms with Crippen molar-refractivity contribution in [2.45, 2.75) is 70.3 Å². The van der Waals surface area contributed by atoms with Crippen molar-refractivity contribution in [2.75, 3.05) is 26.7 Å². The monoisotopic (exact) mass is 284 g/mol. The van der Waals surface area contributed by atoms with E-state index >= 15 is 0 Å². The molecular formula is C16H32N2O2. The van der Waals surface area contributed by atoms with Crippen molar-refractivity contribution in [3.05, 3.63) is 0 Å². The number of unbranched alkanes of at least 4 members (excludes halogenated alkanes) is 2. The SMILES string of the molecule is CCCCCC(CCCN1CCCCC1)(NC)C(=O)O. The molecule has 1 heterocycles. The molecule has 0 radical (unpaired) electrons. The summed E-state index contributed by atoms with van der Waals surface area (Å²) < 4.78 is 0. The number of likely N-dealkylation sites (N-methyl/N-ethyl adjacent to an activating group) is 1. The molecule has 0 amide bonds. The van der Waals surface area contributed by atoms with Crippen LogP contribution in [0.5, 0.6) is 0 Å². The highest BCUT2D eigenvalue weighted by Gasteiger charge is 2.35. The Morgan fingerprint density at radius 3 is 2.35 bits per heavy atom. The van der Waals surface area contributed by atoms with Crippen molar-refractivity contribution in [1.29, 1.82) is 0 Å². The quantitative estimate of drug-likeness (QED) is 0.606. The minimum atomic E-state index is -0.717. The smallest absolute Gasteiger partial charge is 0.323 e. The first-order chi connectivity index (χ1) is 9.64. The first-order valence-electron chi connectivity index (χ1n) is 8.29. The van der Waals surface area contributed by atoms with Crippen LogP contribution in [0.25, 0.3) is 0 Å². The van der Waals surface area contributed by atoms with Crippen molar-refractivity contribution >= 4 is 5.97 Å². The number of rotatable bonds is 10. The summed E-state index contributed by atoms with van der Waals surface area (Å²) in [5, 5.41) is 12.7. The molecule has 1 rings (SSSR count). The molecule has 0 aromatic carbocycles. The summed E-state index contributed by atoms with van der Waals surface area (Å²) in [6.45, 7) is 5.58. The fraction of sp³-hybridized carbons (Fsp3) is 0.938. The third kappa shape index (κ3) is 5.41. The summed E-state index contributed by atoms with van der Waals surface area (Å²) >= 11 is 0. The minimum absolute atomic E-state index is 0.685. The molecule has 1 unspecified atom stereocenters. The van der Waals surface area contributed by atoms with Crippen LogP contribution in [0.1, 0.15) is 64.7 Å². The maximum atomic E-state index is 11.7. The van der Waals surface area contributed by atoms with Crippen LogP contribution in [0.3, 0.4) is 0 Å². The largest absolute Gasteiger partial charge is 0.480 e. The molecule has 0 saturated carbocycles. The number of carboxylic acid groups (broad SMARTS) is 1. The van der Waals surface area contributed by atoms with Crippen molar-refractivity contribution in [3.63, 3.8) is 0 Å². The van der Waals surface area contributed by atoms with Crippen LogP contribution < -0.4 is 5.32 Å². The minimum Gasteiger partial charge on any atom is -0.480 e. The number of hydrogen-bond donors (Lipinski definition) is 2. The second-order valence-electron chi connectivity index (χ2n) is 6.10. The summed E-state index contributed by atoms with van der Waals surface area (Å²) in [4.78, 5) is 14.1. The van der Waals surface area contributed by atoms with Crippen molar-refractivity contribution in [2.24, 2.45) is 0 Å². The van der Waals surface area contributed by atoms with E-state index in [1.807, 2.05) is 0 Å². The molecule has 1 aliphatic rings. The molecule has 118 valence electrons. The van der Waals surface area contributed by atoms with E-state index < -0.39 is 11.5 Å². The van der Waals surface area contributed by atoms with E-state index in [0.29, 0.717) is 0 Å². The number of likely N-dealkylation sites (tertiary alicyclic amines) is 1. The van der Waals surface area contributed by atoms with Crippen molar-refractivity contribution < 1.29 is 9.90 Å². The highest BCUT2D eigenvalue weighted by atomic mass is 16.4. The van der Waals surface area contributed by atoms with Gasteiger partial charge in [0.15, 0.2) is 0 Å². The lowest BCUT2D eigenvalue weighted by atomic mass is 9.87. The molecule has 0 aromatic heterocycles. The van der Waals surface area contributed by atoms with Gasteiger partial charge in [0.1, 0.15) is 5.54 Å². The second-order valence-corrected chi connectivity index (χ2v) is 6.10. The fourth-order valence-electron chi connectivity index (χ4n) is 3.16. The van der Waals surface area contributed by atoms with Crippen LogP contribution in [0, 0.1) is 0 Å². The summed E-state index contributed by atoms with van der Waals surface area (Å²) in [5.74, 6) is -0.685. The van der Waals surface area contributed by atoms with Crippen molar-refractivity contribution in [3.8, 4) is 0 Å². The predicted octanol–water partition coefficient (Wildman–Crippen LogP) is 2.88. The second kappa shape index (κ2) is 9.35.